The van der Waals surface area contributed by atoms with E-state index in [4.69, 9.17) is 4.52 Å². The quantitative estimate of drug-likeness (QED) is 0.682. The minimum absolute atomic E-state index is 0.186. The maximum atomic E-state index is 5.45. The third-order valence-corrected chi connectivity index (χ3v) is 4.09. The monoisotopic (exact) mass is 192 g/mol. The van der Waals surface area contributed by atoms with Crippen LogP contribution in [0.25, 0.3) is 0 Å². The number of rotatable bonds is 1. The third kappa shape index (κ3) is 0.883. The first-order valence-electron chi connectivity index (χ1n) is 5.39. The molecule has 3 rings (SSSR count). The molecule has 76 valence electrons. The summed E-state index contributed by atoms with van der Waals surface area (Å²) in [5, 5.41) is 4.01. The van der Waals surface area contributed by atoms with Crippen molar-refractivity contribution in [2.24, 2.45) is 0 Å². The Morgan fingerprint density at radius 2 is 2.21 bits per heavy atom. The molecule has 0 spiro atoms. The van der Waals surface area contributed by atoms with Gasteiger partial charge in [-0.25, -0.2) is 0 Å². The molecule has 0 unspecified atom stereocenters. The summed E-state index contributed by atoms with van der Waals surface area (Å²) in [4.78, 5) is 2.49. The molecule has 2 aliphatic heterocycles. The summed E-state index contributed by atoms with van der Waals surface area (Å²) >= 11 is 0. The van der Waals surface area contributed by atoms with E-state index in [0.717, 1.165) is 17.5 Å². The van der Waals surface area contributed by atoms with E-state index in [1.54, 1.807) is 0 Å². The molecule has 14 heavy (non-hydrogen) atoms. The van der Waals surface area contributed by atoms with E-state index in [0.29, 0.717) is 0 Å². The van der Waals surface area contributed by atoms with Gasteiger partial charge in [0.05, 0.1) is 11.2 Å². The summed E-state index contributed by atoms with van der Waals surface area (Å²) in [6.45, 7) is 1.99. The number of nitrogens with zero attached hydrogens (tertiary/aromatic N) is 2. The standard InChI is InChI=1S/C11H16N2O/c1-8-7-10(14-12-8)11-5-3-9(4-6-11)13(11)2/h7,9H,3-6H2,1-2H3. The van der Waals surface area contributed by atoms with Crippen LogP contribution in [-0.2, 0) is 5.54 Å². The smallest absolute Gasteiger partial charge is 0.157 e. The van der Waals surface area contributed by atoms with Gasteiger partial charge < -0.3 is 4.52 Å². The predicted octanol–water partition coefficient (Wildman–Crippen LogP) is 2.07. The van der Waals surface area contributed by atoms with Gasteiger partial charge in [0.25, 0.3) is 0 Å². The molecule has 2 aliphatic rings. The van der Waals surface area contributed by atoms with E-state index < -0.39 is 0 Å². The zero-order valence-corrected chi connectivity index (χ0v) is 8.79. The Labute approximate surface area is 84.1 Å². The molecule has 1 aromatic rings. The lowest BCUT2D eigenvalue weighted by molar-refractivity contribution is 0.149. The average molecular weight is 192 g/mol. The van der Waals surface area contributed by atoms with Crippen molar-refractivity contribution < 1.29 is 4.52 Å². The number of hydrogen-bond acceptors (Lipinski definition) is 3. The molecule has 0 amide bonds. The largest absolute Gasteiger partial charge is 0.359 e. The van der Waals surface area contributed by atoms with E-state index in [2.05, 4.69) is 23.2 Å². The van der Waals surface area contributed by atoms with Crippen LogP contribution in [0.2, 0.25) is 0 Å². The molecule has 0 atom stereocenters. The van der Waals surface area contributed by atoms with Crippen LogP contribution in [0, 0.1) is 6.92 Å². The number of aromatic nitrogens is 1. The SMILES string of the molecule is Cc1cc(C23CCC(CC2)N3C)on1. The van der Waals surface area contributed by atoms with Crippen LogP contribution in [0.5, 0.6) is 0 Å². The molecular weight excluding hydrogens is 176 g/mol. The minimum atomic E-state index is 0.186. The first-order valence-corrected chi connectivity index (χ1v) is 5.39. The van der Waals surface area contributed by atoms with Crippen LogP contribution in [-0.4, -0.2) is 23.1 Å². The molecule has 3 nitrogen and oxygen atoms in total. The second kappa shape index (κ2) is 2.60. The number of aryl methyl sites for hydroxylation is 1. The molecule has 2 bridgehead atoms. The van der Waals surface area contributed by atoms with Gasteiger partial charge in [-0.15, -0.1) is 0 Å². The first-order chi connectivity index (χ1) is 6.72. The van der Waals surface area contributed by atoms with Crippen LogP contribution < -0.4 is 0 Å². The van der Waals surface area contributed by atoms with Gasteiger partial charge in [0.2, 0.25) is 0 Å². The van der Waals surface area contributed by atoms with Crippen molar-refractivity contribution in [1.29, 1.82) is 0 Å². The van der Waals surface area contributed by atoms with Gasteiger partial charge in [0.1, 0.15) is 0 Å². The predicted molar refractivity (Wildman–Crippen MR) is 52.9 cm³/mol. The fraction of sp³-hybridized carbons (Fsp3) is 0.727. The van der Waals surface area contributed by atoms with Crippen molar-refractivity contribution in [2.75, 3.05) is 7.05 Å². The molecule has 0 radical (unpaired) electrons. The van der Waals surface area contributed by atoms with Crippen LogP contribution in [0.1, 0.15) is 37.1 Å². The van der Waals surface area contributed by atoms with E-state index in [1.807, 2.05) is 6.92 Å². The van der Waals surface area contributed by atoms with Crippen LogP contribution in [0.3, 0.4) is 0 Å². The highest BCUT2D eigenvalue weighted by molar-refractivity contribution is 5.20. The van der Waals surface area contributed by atoms with E-state index >= 15 is 0 Å². The fourth-order valence-corrected chi connectivity index (χ4v) is 3.17. The molecule has 0 aromatic carbocycles. The van der Waals surface area contributed by atoms with Crippen molar-refractivity contribution in [2.45, 2.75) is 44.2 Å². The second-order valence-electron chi connectivity index (χ2n) is 4.71. The molecular formula is C11H16N2O. The van der Waals surface area contributed by atoms with Gasteiger partial charge in [-0.2, -0.15) is 0 Å². The highest BCUT2D eigenvalue weighted by Crippen LogP contribution is 2.51. The van der Waals surface area contributed by atoms with Gasteiger partial charge >= 0.3 is 0 Å². The van der Waals surface area contributed by atoms with Crippen molar-refractivity contribution in [3.63, 3.8) is 0 Å². The van der Waals surface area contributed by atoms with Crippen LogP contribution in [0.4, 0.5) is 0 Å². The summed E-state index contributed by atoms with van der Waals surface area (Å²) in [5.74, 6) is 1.08. The molecule has 0 N–H and O–H groups in total. The molecule has 0 aliphatic carbocycles. The minimum Gasteiger partial charge on any atom is -0.359 e. The maximum absolute atomic E-state index is 5.45. The summed E-state index contributed by atoms with van der Waals surface area (Å²) < 4.78 is 5.45. The molecule has 0 saturated carbocycles. The maximum Gasteiger partial charge on any atom is 0.157 e. The molecule has 2 saturated heterocycles. The highest BCUT2D eigenvalue weighted by Gasteiger charge is 2.52. The summed E-state index contributed by atoms with van der Waals surface area (Å²) in [6.07, 6.45) is 5.11. The van der Waals surface area contributed by atoms with Gasteiger partial charge in [0, 0.05) is 12.1 Å². The average Bonchev–Trinajstić information content (AvgIpc) is 2.83. The van der Waals surface area contributed by atoms with Crippen molar-refractivity contribution in [3.8, 4) is 0 Å². The van der Waals surface area contributed by atoms with Crippen molar-refractivity contribution in [3.05, 3.63) is 17.5 Å². The Morgan fingerprint density at radius 1 is 1.50 bits per heavy atom. The summed E-state index contributed by atoms with van der Waals surface area (Å²) in [6, 6.07) is 2.88. The fourth-order valence-electron chi connectivity index (χ4n) is 3.17. The Bertz CT molecular complexity index is 350. The van der Waals surface area contributed by atoms with Crippen molar-refractivity contribution >= 4 is 0 Å². The summed E-state index contributed by atoms with van der Waals surface area (Å²) in [5.41, 5.74) is 1.18. The van der Waals surface area contributed by atoms with Crippen molar-refractivity contribution in [1.82, 2.24) is 10.1 Å². The zero-order chi connectivity index (χ0) is 9.76. The Kier molecular flexibility index (Phi) is 1.57. The lowest BCUT2D eigenvalue weighted by atomic mass is 9.85. The second-order valence-corrected chi connectivity index (χ2v) is 4.71. The van der Waals surface area contributed by atoms with Gasteiger partial charge in [-0.05, 0) is 39.7 Å². The van der Waals surface area contributed by atoms with E-state index in [-0.39, 0.29) is 5.54 Å². The normalized spacial score (nSPS) is 36.9. The topological polar surface area (TPSA) is 29.3 Å². The van der Waals surface area contributed by atoms with Gasteiger partial charge in [0.15, 0.2) is 5.76 Å². The van der Waals surface area contributed by atoms with Gasteiger partial charge in [-0.3, -0.25) is 4.90 Å². The molecule has 3 heterocycles. The lowest BCUT2D eigenvalue weighted by Crippen LogP contribution is -2.34. The molecule has 1 aromatic heterocycles. The summed E-state index contributed by atoms with van der Waals surface area (Å²) in [7, 11) is 2.22. The van der Waals surface area contributed by atoms with E-state index in [1.165, 1.54) is 25.7 Å². The Morgan fingerprint density at radius 3 is 2.64 bits per heavy atom. The highest BCUT2D eigenvalue weighted by atomic mass is 16.5. The number of fused-ring (bicyclic) bond motifs is 2. The lowest BCUT2D eigenvalue weighted by Gasteiger charge is -2.28. The first kappa shape index (κ1) is 8.48. The number of hydrogen-bond donors (Lipinski definition) is 0. The van der Waals surface area contributed by atoms with Crippen LogP contribution >= 0.6 is 0 Å². The van der Waals surface area contributed by atoms with Gasteiger partial charge in [-0.1, -0.05) is 5.16 Å². The Balaban J connectivity index is 2.04. The molecule has 2 fully saturated rings. The molecule has 3 heteroatoms. The Hall–Kier alpha value is -0.830. The van der Waals surface area contributed by atoms with E-state index in [9.17, 15) is 0 Å². The van der Waals surface area contributed by atoms with Crippen LogP contribution in [0.15, 0.2) is 10.6 Å². The third-order valence-electron chi connectivity index (χ3n) is 4.09. The zero-order valence-electron chi connectivity index (χ0n) is 8.79.